The fourth-order valence-electron chi connectivity index (χ4n) is 0.943. The molecule has 1 heterocycles. The van der Waals surface area contributed by atoms with Crippen molar-refractivity contribution < 1.29 is 8.78 Å². The molecule has 0 saturated carbocycles. The number of nitrogens with two attached hydrogens (primary N) is 1. The van der Waals surface area contributed by atoms with Crippen molar-refractivity contribution >= 4 is 34.2 Å². The molecule has 0 aromatic carbocycles. The summed E-state index contributed by atoms with van der Waals surface area (Å²) < 4.78 is 25.6. The van der Waals surface area contributed by atoms with E-state index in [9.17, 15) is 8.78 Å². The zero-order chi connectivity index (χ0) is 10.0. The van der Waals surface area contributed by atoms with Gasteiger partial charge in [0, 0.05) is 16.3 Å². The molecule has 0 unspecified atom stereocenters. The van der Waals surface area contributed by atoms with Crippen molar-refractivity contribution in [2.45, 2.75) is 13.0 Å². The largest absolute Gasteiger partial charge is 0.326 e. The van der Waals surface area contributed by atoms with Crippen LogP contribution in [0.3, 0.4) is 0 Å². The molecular weight excluding hydrogens is 312 g/mol. The van der Waals surface area contributed by atoms with Crippen LogP contribution in [0.5, 0.6) is 0 Å². The maximum atomic E-state index is 12.5. The number of nitrogens with zero attached hydrogens (tertiary/aromatic N) is 1. The molecule has 1 aromatic heterocycles. The molecule has 0 amide bonds. The van der Waals surface area contributed by atoms with Crippen molar-refractivity contribution in [2.75, 3.05) is 0 Å². The van der Waals surface area contributed by atoms with Gasteiger partial charge in [-0.25, -0.2) is 13.8 Å². The highest BCUT2D eigenvalue weighted by Gasteiger charge is 2.19. The fourth-order valence-corrected chi connectivity index (χ4v) is 1.84. The van der Waals surface area contributed by atoms with Gasteiger partial charge in [-0.05, 0) is 28.2 Å². The molecule has 0 aliphatic carbocycles. The molecule has 0 radical (unpaired) electrons. The number of hydrogen-bond acceptors (Lipinski definition) is 2. The van der Waals surface area contributed by atoms with Gasteiger partial charge in [-0.15, -0.1) is 0 Å². The number of aromatic nitrogens is 1. The van der Waals surface area contributed by atoms with Crippen molar-refractivity contribution in [3.63, 3.8) is 0 Å². The van der Waals surface area contributed by atoms with Crippen LogP contribution in [0.25, 0.3) is 0 Å². The van der Waals surface area contributed by atoms with Gasteiger partial charge in [0.05, 0.1) is 5.56 Å². The van der Waals surface area contributed by atoms with Crippen LogP contribution in [-0.2, 0) is 6.54 Å². The second kappa shape index (κ2) is 4.47. The lowest BCUT2D eigenvalue weighted by molar-refractivity contribution is 0.150. The molecule has 13 heavy (non-hydrogen) atoms. The normalized spacial score (nSPS) is 10.9. The zero-order valence-electron chi connectivity index (χ0n) is 6.40. The molecular formula is C7H6ClF2IN2. The van der Waals surface area contributed by atoms with Gasteiger partial charge in [-0.3, -0.25) is 0 Å². The van der Waals surface area contributed by atoms with E-state index in [1.165, 1.54) is 6.20 Å². The Morgan fingerprint density at radius 3 is 2.62 bits per heavy atom. The van der Waals surface area contributed by atoms with Crippen LogP contribution in [0.4, 0.5) is 8.78 Å². The Kier molecular flexibility index (Phi) is 3.81. The molecule has 6 heteroatoms. The molecule has 0 fully saturated rings. The highest BCUT2D eigenvalue weighted by Crippen LogP contribution is 2.30. The highest BCUT2D eigenvalue weighted by molar-refractivity contribution is 14.1. The number of hydrogen-bond donors (Lipinski definition) is 1. The van der Waals surface area contributed by atoms with E-state index in [4.69, 9.17) is 17.3 Å². The van der Waals surface area contributed by atoms with E-state index in [1.54, 1.807) is 0 Å². The summed E-state index contributed by atoms with van der Waals surface area (Å²) in [7, 11) is 0. The summed E-state index contributed by atoms with van der Waals surface area (Å²) in [6.07, 6.45) is -1.20. The van der Waals surface area contributed by atoms with E-state index >= 15 is 0 Å². The predicted molar refractivity (Wildman–Crippen MR) is 54.8 cm³/mol. The molecule has 0 spiro atoms. The van der Waals surface area contributed by atoms with E-state index in [-0.39, 0.29) is 17.3 Å². The summed E-state index contributed by atoms with van der Waals surface area (Å²) >= 11 is 7.43. The third-order valence-corrected chi connectivity index (χ3v) is 2.78. The fraction of sp³-hybridized carbons (Fsp3) is 0.286. The average Bonchev–Trinajstić information content (AvgIpc) is 2.07. The van der Waals surface area contributed by atoms with E-state index in [0.717, 1.165) is 0 Å². The third kappa shape index (κ3) is 2.26. The third-order valence-electron chi connectivity index (χ3n) is 1.55. The predicted octanol–water partition coefficient (Wildman–Crippen LogP) is 2.74. The molecule has 2 nitrogen and oxygen atoms in total. The van der Waals surface area contributed by atoms with Gasteiger partial charge in [-0.1, -0.05) is 11.6 Å². The summed E-state index contributed by atoms with van der Waals surface area (Å²) in [5.41, 5.74) is 5.45. The van der Waals surface area contributed by atoms with Crippen molar-refractivity contribution in [1.82, 2.24) is 4.98 Å². The van der Waals surface area contributed by atoms with Gasteiger partial charge in [0.15, 0.2) is 0 Å². The van der Waals surface area contributed by atoms with E-state index in [2.05, 4.69) is 4.98 Å². The molecule has 0 saturated heterocycles. The monoisotopic (exact) mass is 318 g/mol. The van der Waals surface area contributed by atoms with Crippen molar-refractivity contribution in [3.05, 3.63) is 26.0 Å². The Balaban J connectivity index is 3.35. The number of halogens is 4. The standard InChI is InChI=1S/C7H6ClF2IN2/c8-6-5(7(9)10)3(1-12)4(11)2-13-6/h2,7H,1,12H2. The molecule has 0 aliphatic heterocycles. The van der Waals surface area contributed by atoms with Crippen molar-refractivity contribution in [1.29, 1.82) is 0 Å². The Hall–Kier alpha value is -0.0100. The molecule has 2 N–H and O–H groups in total. The lowest BCUT2D eigenvalue weighted by atomic mass is 10.1. The topological polar surface area (TPSA) is 38.9 Å². The van der Waals surface area contributed by atoms with Crippen LogP contribution in [0.15, 0.2) is 6.20 Å². The van der Waals surface area contributed by atoms with Gasteiger partial charge in [0.1, 0.15) is 5.15 Å². The molecule has 1 aromatic rings. The summed E-state index contributed by atoms with van der Waals surface area (Å²) in [6, 6.07) is 0. The van der Waals surface area contributed by atoms with Crippen LogP contribution in [0.2, 0.25) is 5.15 Å². The minimum absolute atomic E-state index is 0.0419. The van der Waals surface area contributed by atoms with Gasteiger partial charge in [-0.2, -0.15) is 0 Å². The quantitative estimate of drug-likeness (QED) is 0.673. The summed E-state index contributed by atoms with van der Waals surface area (Å²) in [5.74, 6) is 0. The summed E-state index contributed by atoms with van der Waals surface area (Å²) in [4.78, 5) is 3.63. The summed E-state index contributed by atoms with van der Waals surface area (Å²) in [5, 5.41) is -0.170. The Bertz CT molecular complexity index is 320. The van der Waals surface area contributed by atoms with E-state index in [0.29, 0.717) is 9.13 Å². The van der Waals surface area contributed by atoms with Gasteiger partial charge < -0.3 is 5.73 Å². The van der Waals surface area contributed by atoms with E-state index < -0.39 is 6.43 Å². The van der Waals surface area contributed by atoms with E-state index in [1.807, 2.05) is 22.6 Å². The molecule has 1 rings (SSSR count). The smallest absolute Gasteiger partial charge is 0.267 e. The second-order valence-corrected chi connectivity index (χ2v) is 3.81. The SMILES string of the molecule is NCc1c(I)cnc(Cl)c1C(F)F. The zero-order valence-corrected chi connectivity index (χ0v) is 9.31. The molecule has 0 atom stereocenters. The molecule has 0 bridgehead atoms. The summed E-state index contributed by atoms with van der Waals surface area (Å²) in [6.45, 7) is 0.0419. The first-order valence-electron chi connectivity index (χ1n) is 3.39. The van der Waals surface area contributed by atoms with Crippen LogP contribution >= 0.6 is 34.2 Å². The van der Waals surface area contributed by atoms with Crippen LogP contribution in [0, 0.1) is 3.57 Å². The lowest BCUT2D eigenvalue weighted by Gasteiger charge is -2.09. The first kappa shape index (κ1) is 11.1. The molecule has 0 aliphatic rings. The minimum Gasteiger partial charge on any atom is -0.326 e. The first-order chi connectivity index (χ1) is 6.07. The number of rotatable bonds is 2. The van der Waals surface area contributed by atoms with Gasteiger partial charge in [0.2, 0.25) is 0 Å². The lowest BCUT2D eigenvalue weighted by Crippen LogP contribution is -2.06. The van der Waals surface area contributed by atoms with Gasteiger partial charge in [0.25, 0.3) is 6.43 Å². The number of alkyl halides is 2. The Morgan fingerprint density at radius 1 is 1.62 bits per heavy atom. The minimum atomic E-state index is -2.63. The highest BCUT2D eigenvalue weighted by atomic mass is 127. The maximum absolute atomic E-state index is 12.5. The van der Waals surface area contributed by atoms with Crippen LogP contribution in [0.1, 0.15) is 17.6 Å². The molecule has 72 valence electrons. The van der Waals surface area contributed by atoms with Gasteiger partial charge >= 0.3 is 0 Å². The number of pyridine rings is 1. The van der Waals surface area contributed by atoms with Crippen LogP contribution < -0.4 is 5.73 Å². The first-order valence-corrected chi connectivity index (χ1v) is 4.84. The van der Waals surface area contributed by atoms with Crippen molar-refractivity contribution in [2.24, 2.45) is 5.73 Å². The maximum Gasteiger partial charge on any atom is 0.267 e. The average molecular weight is 318 g/mol. The Labute approximate surface area is 92.6 Å². The Morgan fingerprint density at radius 2 is 2.23 bits per heavy atom. The second-order valence-electron chi connectivity index (χ2n) is 2.29. The van der Waals surface area contributed by atoms with Crippen LogP contribution in [-0.4, -0.2) is 4.98 Å². The van der Waals surface area contributed by atoms with Crippen molar-refractivity contribution in [3.8, 4) is 0 Å².